The quantitative estimate of drug-likeness (QED) is 0.307. The number of rotatable bonds is 9. The van der Waals surface area contributed by atoms with Gasteiger partial charge in [0.2, 0.25) is 5.91 Å². The van der Waals surface area contributed by atoms with Gasteiger partial charge < -0.3 is 15.2 Å². The van der Waals surface area contributed by atoms with Gasteiger partial charge in [0, 0.05) is 17.8 Å². The van der Waals surface area contributed by atoms with Crippen molar-refractivity contribution in [3.63, 3.8) is 0 Å². The van der Waals surface area contributed by atoms with E-state index in [1.165, 1.54) is 17.8 Å². The highest BCUT2D eigenvalue weighted by molar-refractivity contribution is 7.99. The lowest BCUT2D eigenvalue weighted by atomic mass is 10.0. The number of amides is 2. The molecule has 0 aliphatic rings. The summed E-state index contributed by atoms with van der Waals surface area (Å²) < 4.78 is 1.82. The summed E-state index contributed by atoms with van der Waals surface area (Å²) in [5.41, 5.74) is 4.39. The zero-order valence-corrected chi connectivity index (χ0v) is 23.6. The summed E-state index contributed by atoms with van der Waals surface area (Å²) in [6, 6.07) is 8.47. The first kappa shape index (κ1) is 28.0. The number of nitrogens with one attached hydrogen (secondary N) is 2. The standard InChI is InChI=1S/C26H31Cl2N5O2S/c1-14(2)9-21(29-25(35)19-8-7-18(27)12-20(19)28)24-31-32-26(33(24)6)36-13-22(34)30-23-16(4)10-15(3)11-17(23)5/h7-8,10-12,14,21H,9,13H2,1-6H3,(H,29,35)(H,30,34)/t21-/m1/s1. The van der Waals surface area contributed by atoms with Gasteiger partial charge in [0.05, 0.1) is 22.4 Å². The van der Waals surface area contributed by atoms with Crippen molar-refractivity contribution in [3.8, 4) is 0 Å². The number of aromatic nitrogens is 3. The Balaban J connectivity index is 1.72. The van der Waals surface area contributed by atoms with E-state index < -0.39 is 0 Å². The lowest BCUT2D eigenvalue weighted by Gasteiger charge is -2.20. The molecular formula is C26H31Cl2N5O2S. The SMILES string of the molecule is Cc1cc(C)c(NC(=O)CSc2nnc([C@@H](CC(C)C)NC(=O)c3ccc(Cl)cc3Cl)n2C)c(C)c1. The fourth-order valence-corrected chi connectivity index (χ4v) is 5.26. The molecule has 2 N–H and O–H groups in total. The molecule has 1 heterocycles. The Morgan fingerprint density at radius 2 is 1.72 bits per heavy atom. The number of hydrogen-bond donors (Lipinski definition) is 2. The Morgan fingerprint density at radius 1 is 1.06 bits per heavy atom. The smallest absolute Gasteiger partial charge is 0.253 e. The van der Waals surface area contributed by atoms with Crippen LogP contribution in [0.5, 0.6) is 0 Å². The monoisotopic (exact) mass is 547 g/mol. The Hall–Kier alpha value is -2.55. The number of hydrogen-bond acceptors (Lipinski definition) is 5. The van der Waals surface area contributed by atoms with Gasteiger partial charge in [0.15, 0.2) is 11.0 Å². The lowest BCUT2D eigenvalue weighted by Crippen LogP contribution is -2.31. The minimum atomic E-state index is -0.386. The zero-order chi connectivity index (χ0) is 26.6. The summed E-state index contributed by atoms with van der Waals surface area (Å²) >= 11 is 13.5. The largest absolute Gasteiger partial charge is 0.342 e. The van der Waals surface area contributed by atoms with E-state index in [0.29, 0.717) is 28.0 Å². The zero-order valence-electron chi connectivity index (χ0n) is 21.3. The summed E-state index contributed by atoms with van der Waals surface area (Å²) in [5, 5.41) is 16.0. The molecule has 0 unspecified atom stereocenters. The number of thioether (sulfide) groups is 1. The second-order valence-corrected chi connectivity index (χ2v) is 11.1. The highest BCUT2D eigenvalue weighted by Gasteiger charge is 2.24. The maximum absolute atomic E-state index is 13.0. The van der Waals surface area contributed by atoms with Crippen LogP contribution in [-0.4, -0.2) is 32.3 Å². The maximum atomic E-state index is 13.0. The van der Waals surface area contributed by atoms with Crippen molar-refractivity contribution >= 4 is 52.5 Å². The van der Waals surface area contributed by atoms with Crippen molar-refractivity contribution in [2.24, 2.45) is 13.0 Å². The summed E-state index contributed by atoms with van der Waals surface area (Å²) in [7, 11) is 1.83. The highest BCUT2D eigenvalue weighted by Crippen LogP contribution is 2.27. The molecule has 10 heteroatoms. The third kappa shape index (κ3) is 7.02. The van der Waals surface area contributed by atoms with Crippen LogP contribution in [0.2, 0.25) is 10.0 Å². The van der Waals surface area contributed by atoms with E-state index >= 15 is 0 Å². The number of aryl methyl sites for hydroxylation is 3. The summed E-state index contributed by atoms with van der Waals surface area (Å²) in [4.78, 5) is 25.6. The molecule has 7 nitrogen and oxygen atoms in total. The van der Waals surface area contributed by atoms with Gasteiger partial charge >= 0.3 is 0 Å². The van der Waals surface area contributed by atoms with Crippen LogP contribution in [0.1, 0.15) is 59.2 Å². The Bertz CT molecular complexity index is 1250. The average Bonchev–Trinajstić information content (AvgIpc) is 3.14. The van der Waals surface area contributed by atoms with Gasteiger partial charge in [0.25, 0.3) is 5.91 Å². The minimum absolute atomic E-state index is 0.121. The van der Waals surface area contributed by atoms with Crippen molar-refractivity contribution in [2.45, 2.75) is 52.2 Å². The van der Waals surface area contributed by atoms with E-state index in [1.807, 2.05) is 44.5 Å². The number of carbonyl (C=O) groups is 2. The van der Waals surface area contributed by atoms with Crippen LogP contribution >= 0.6 is 35.0 Å². The average molecular weight is 549 g/mol. The van der Waals surface area contributed by atoms with Crippen LogP contribution in [0.3, 0.4) is 0 Å². The second kappa shape index (κ2) is 12.1. The van der Waals surface area contributed by atoms with E-state index in [9.17, 15) is 9.59 Å². The van der Waals surface area contributed by atoms with Crippen molar-refractivity contribution < 1.29 is 9.59 Å². The summed E-state index contributed by atoms with van der Waals surface area (Å²) in [6.45, 7) is 10.1. The van der Waals surface area contributed by atoms with Gasteiger partial charge in [-0.3, -0.25) is 9.59 Å². The number of nitrogens with zero attached hydrogens (tertiary/aromatic N) is 3. The van der Waals surface area contributed by atoms with Crippen LogP contribution in [-0.2, 0) is 11.8 Å². The molecule has 1 aromatic heterocycles. The van der Waals surface area contributed by atoms with E-state index in [2.05, 4.69) is 34.7 Å². The lowest BCUT2D eigenvalue weighted by molar-refractivity contribution is -0.113. The Morgan fingerprint density at radius 3 is 2.33 bits per heavy atom. The Labute approximate surface area is 226 Å². The molecule has 2 aromatic carbocycles. The van der Waals surface area contributed by atoms with Crippen molar-refractivity contribution in [1.29, 1.82) is 0 Å². The molecule has 192 valence electrons. The molecule has 0 radical (unpaired) electrons. The first-order valence-electron chi connectivity index (χ1n) is 11.6. The van der Waals surface area contributed by atoms with Crippen LogP contribution in [0, 0.1) is 26.7 Å². The highest BCUT2D eigenvalue weighted by atomic mass is 35.5. The van der Waals surface area contributed by atoms with Gasteiger partial charge in [-0.15, -0.1) is 10.2 Å². The Kier molecular flexibility index (Phi) is 9.44. The minimum Gasteiger partial charge on any atom is -0.342 e. The first-order valence-corrected chi connectivity index (χ1v) is 13.4. The molecule has 3 rings (SSSR count). The van der Waals surface area contributed by atoms with Crippen LogP contribution in [0.4, 0.5) is 5.69 Å². The molecule has 1 atom stereocenters. The van der Waals surface area contributed by atoms with Crippen LogP contribution < -0.4 is 10.6 Å². The third-order valence-electron chi connectivity index (χ3n) is 5.64. The van der Waals surface area contributed by atoms with Crippen molar-refractivity contribution in [2.75, 3.05) is 11.1 Å². The third-order valence-corrected chi connectivity index (χ3v) is 7.21. The molecule has 0 spiro atoms. The van der Waals surface area contributed by atoms with E-state index in [1.54, 1.807) is 12.1 Å². The normalized spacial score (nSPS) is 12.0. The number of benzene rings is 2. The second-order valence-electron chi connectivity index (χ2n) is 9.29. The van der Waals surface area contributed by atoms with Gasteiger partial charge in [0.1, 0.15) is 0 Å². The van der Waals surface area contributed by atoms with E-state index in [0.717, 1.165) is 22.4 Å². The molecular weight excluding hydrogens is 517 g/mol. The first-order chi connectivity index (χ1) is 17.0. The molecule has 0 fully saturated rings. The molecule has 3 aromatic rings. The number of anilines is 1. The molecule has 0 aliphatic carbocycles. The molecule has 0 bridgehead atoms. The predicted octanol–water partition coefficient (Wildman–Crippen LogP) is 6.30. The molecule has 0 aliphatic heterocycles. The fraction of sp³-hybridized carbons (Fsp3) is 0.385. The van der Waals surface area contributed by atoms with Crippen molar-refractivity contribution in [3.05, 3.63) is 68.5 Å². The van der Waals surface area contributed by atoms with Crippen molar-refractivity contribution in [1.82, 2.24) is 20.1 Å². The molecule has 2 amide bonds. The maximum Gasteiger partial charge on any atom is 0.253 e. The topological polar surface area (TPSA) is 88.9 Å². The number of halogens is 2. The van der Waals surface area contributed by atoms with Crippen LogP contribution in [0.15, 0.2) is 35.5 Å². The molecule has 0 saturated carbocycles. The molecule has 36 heavy (non-hydrogen) atoms. The van der Waals surface area contributed by atoms with Gasteiger partial charge in [-0.2, -0.15) is 0 Å². The van der Waals surface area contributed by atoms with Gasteiger partial charge in [-0.25, -0.2) is 0 Å². The van der Waals surface area contributed by atoms with Crippen LogP contribution in [0.25, 0.3) is 0 Å². The predicted molar refractivity (Wildman–Crippen MR) is 147 cm³/mol. The van der Waals surface area contributed by atoms with Gasteiger partial charge in [-0.05, 0) is 62.4 Å². The van der Waals surface area contributed by atoms with E-state index in [4.69, 9.17) is 23.2 Å². The van der Waals surface area contributed by atoms with E-state index in [-0.39, 0.29) is 34.5 Å². The molecule has 0 saturated heterocycles. The fourth-order valence-electron chi connectivity index (χ4n) is 4.05. The summed E-state index contributed by atoms with van der Waals surface area (Å²) in [6.07, 6.45) is 0.653. The summed E-state index contributed by atoms with van der Waals surface area (Å²) in [5.74, 6) is 0.637. The van der Waals surface area contributed by atoms with Gasteiger partial charge in [-0.1, -0.05) is 66.5 Å². The number of carbonyl (C=O) groups excluding carboxylic acids is 2.